The SMILES string of the molecule is CC(=O)O.CCOc1cc(C(Nc2ccc(C(=N)N)cc2)c2nn(-c3ccccc3C(=N)N)c(=O)[nH]2)ccc1OCC(=O)NC. The molecule has 236 valence electrons. The Balaban J connectivity index is 0.00000130. The summed E-state index contributed by atoms with van der Waals surface area (Å²) in [6.45, 7) is 3.07. The summed E-state index contributed by atoms with van der Waals surface area (Å²) in [6.07, 6.45) is 0. The number of nitrogens with one attached hydrogen (secondary N) is 5. The summed E-state index contributed by atoms with van der Waals surface area (Å²) in [4.78, 5) is 36.7. The molecule has 0 spiro atoms. The maximum atomic E-state index is 13.1. The lowest BCUT2D eigenvalue weighted by molar-refractivity contribution is -0.134. The highest BCUT2D eigenvalue weighted by Crippen LogP contribution is 2.34. The summed E-state index contributed by atoms with van der Waals surface area (Å²) in [7, 11) is 1.52. The number of rotatable bonds is 12. The summed E-state index contributed by atoms with van der Waals surface area (Å²) in [5.41, 5.74) is 13.4. The number of benzene rings is 3. The van der Waals surface area contributed by atoms with Crippen molar-refractivity contribution in [1.82, 2.24) is 20.1 Å². The number of nitrogens with zero attached hydrogens (tertiary/aromatic N) is 2. The van der Waals surface area contributed by atoms with Gasteiger partial charge in [0.2, 0.25) is 0 Å². The van der Waals surface area contributed by atoms with Gasteiger partial charge in [0.15, 0.2) is 23.9 Å². The number of anilines is 1. The minimum atomic E-state index is -0.833. The number of ether oxygens (including phenoxy) is 2. The number of amides is 1. The number of nitrogens with two attached hydrogens (primary N) is 2. The Morgan fingerprint density at radius 3 is 2.29 bits per heavy atom. The van der Waals surface area contributed by atoms with Crippen LogP contribution in [0.4, 0.5) is 5.69 Å². The van der Waals surface area contributed by atoms with Crippen LogP contribution in [0.5, 0.6) is 11.5 Å². The summed E-state index contributed by atoms with van der Waals surface area (Å²) in [6, 6.07) is 18.1. The normalized spacial score (nSPS) is 10.9. The predicted octanol–water partition coefficient (Wildman–Crippen LogP) is 1.94. The Morgan fingerprint density at radius 2 is 1.69 bits per heavy atom. The number of carboxylic acid groups (broad SMARTS) is 1. The van der Waals surface area contributed by atoms with E-state index in [0.29, 0.717) is 46.2 Å². The van der Waals surface area contributed by atoms with Gasteiger partial charge in [0, 0.05) is 30.8 Å². The van der Waals surface area contributed by atoms with Crippen LogP contribution in [0.2, 0.25) is 0 Å². The summed E-state index contributed by atoms with van der Waals surface area (Å²) in [5.74, 6) is -0.348. The number of nitrogen functional groups attached to an aromatic ring is 2. The van der Waals surface area contributed by atoms with Crippen LogP contribution in [0, 0.1) is 10.8 Å². The van der Waals surface area contributed by atoms with Crippen molar-refractivity contribution in [3.05, 3.63) is 99.7 Å². The van der Waals surface area contributed by atoms with Crippen LogP contribution in [0.25, 0.3) is 5.69 Å². The number of hydrogen-bond acceptors (Lipinski definition) is 9. The molecule has 0 aliphatic carbocycles. The predicted molar refractivity (Wildman–Crippen MR) is 169 cm³/mol. The van der Waals surface area contributed by atoms with Crippen molar-refractivity contribution in [1.29, 1.82) is 10.8 Å². The number of H-pyrrole nitrogens is 1. The van der Waals surface area contributed by atoms with Gasteiger partial charge >= 0.3 is 5.69 Å². The van der Waals surface area contributed by atoms with E-state index in [1.54, 1.807) is 66.7 Å². The first kappa shape index (κ1) is 33.4. The molecule has 10 N–H and O–H groups in total. The van der Waals surface area contributed by atoms with Gasteiger partial charge in [0.05, 0.1) is 12.3 Å². The maximum absolute atomic E-state index is 13.1. The van der Waals surface area contributed by atoms with Gasteiger partial charge < -0.3 is 36.7 Å². The molecule has 1 heterocycles. The van der Waals surface area contributed by atoms with Gasteiger partial charge in [-0.1, -0.05) is 18.2 Å². The van der Waals surface area contributed by atoms with Gasteiger partial charge in [-0.25, -0.2) is 4.79 Å². The number of aromatic amines is 1. The van der Waals surface area contributed by atoms with Crippen LogP contribution in [0.15, 0.2) is 71.5 Å². The number of amidine groups is 2. The van der Waals surface area contributed by atoms with Crippen LogP contribution < -0.4 is 37.3 Å². The topological polar surface area (TPSA) is 247 Å². The molecule has 0 aliphatic rings. The first-order valence-corrected chi connectivity index (χ1v) is 13.6. The third-order valence-electron chi connectivity index (χ3n) is 6.08. The van der Waals surface area contributed by atoms with Crippen molar-refractivity contribution < 1.29 is 24.2 Å². The standard InChI is InChI=1S/C28H31N9O4.C2H4O2/c1-3-40-22-14-17(10-13-21(22)41-15-23(38)33-2)24(34-18-11-8-16(9-12-18)25(29)30)27-35-28(39)37(36-27)20-7-5-4-6-19(20)26(31)32;1-2(3)4/h4-14,24,34H,3,15H2,1-2H3,(H3,29,30)(H3,31,32)(H,33,38)(H,35,36,39);1H3,(H,3,4). The van der Waals surface area contributed by atoms with Gasteiger partial charge in [0.1, 0.15) is 17.7 Å². The highest BCUT2D eigenvalue weighted by Gasteiger charge is 2.23. The number of carbonyl (C=O) groups is 2. The highest BCUT2D eigenvalue weighted by atomic mass is 16.5. The van der Waals surface area contributed by atoms with Crippen LogP contribution in [0.1, 0.15) is 42.4 Å². The van der Waals surface area contributed by atoms with E-state index in [1.807, 2.05) is 6.92 Å². The lowest BCUT2D eigenvalue weighted by Crippen LogP contribution is -2.25. The monoisotopic (exact) mass is 617 g/mol. The first-order chi connectivity index (χ1) is 21.4. The van der Waals surface area contributed by atoms with Crippen LogP contribution in [0.3, 0.4) is 0 Å². The lowest BCUT2D eigenvalue weighted by atomic mass is 10.0. The molecule has 1 amide bonds. The molecule has 4 aromatic rings. The number of carbonyl (C=O) groups excluding carboxylic acids is 1. The Morgan fingerprint density at radius 1 is 1.02 bits per heavy atom. The van der Waals surface area contributed by atoms with Gasteiger partial charge in [-0.05, 0) is 61.0 Å². The Labute approximate surface area is 258 Å². The fourth-order valence-corrected chi connectivity index (χ4v) is 4.05. The van der Waals surface area contributed by atoms with Crippen molar-refractivity contribution in [2.75, 3.05) is 25.6 Å². The van der Waals surface area contributed by atoms with E-state index in [4.69, 9.17) is 41.7 Å². The van der Waals surface area contributed by atoms with Crippen LogP contribution in [-0.2, 0) is 9.59 Å². The van der Waals surface area contributed by atoms with Gasteiger partial charge in [0.25, 0.3) is 11.9 Å². The smallest absolute Gasteiger partial charge is 0.348 e. The number of para-hydroxylation sites is 1. The average Bonchev–Trinajstić information content (AvgIpc) is 3.39. The molecule has 1 aromatic heterocycles. The van der Waals surface area contributed by atoms with Crippen molar-refractivity contribution in [3.8, 4) is 17.2 Å². The molecule has 0 radical (unpaired) electrons. The number of hydrogen-bond donors (Lipinski definition) is 8. The third-order valence-corrected chi connectivity index (χ3v) is 6.08. The molecule has 0 fully saturated rings. The summed E-state index contributed by atoms with van der Waals surface area (Å²) < 4.78 is 12.6. The Hall–Kier alpha value is -6.12. The van der Waals surface area contributed by atoms with E-state index in [0.717, 1.165) is 11.6 Å². The molecule has 0 aliphatic heterocycles. The lowest BCUT2D eigenvalue weighted by Gasteiger charge is -2.20. The molecule has 15 heteroatoms. The zero-order valence-corrected chi connectivity index (χ0v) is 24.9. The van der Waals surface area contributed by atoms with E-state index in [2.05, 4.69) is 20.7 Å². The molecule has 3 aromatic carbocycles. The third kappa shape index (κ3) is 8.93. The number of aromatic nitrogens is 3. The van der Waals surface area contributed by atoms with E-state index in [9.17, 15) is 9.59 Å². The van der Waals surface area contributed by atoms with Gasteiger partial charge in [-0.2, -0.15) is 4.68 Å². The second-order valence-electron chi connectivity index (χ2n) is 9.35. The number of likely N-dealkylation sites (N-methyl/N-ethyl adjacent to an activating group) is 1. The molecular formula is C30H35N9O6. The van der Waals surface area contributed by atoms with Crippen molar-refractivity contribution in [3.63, 3.8) is 0 Å². The quantitative estimate of drug-likeness (QED) is 0.0847. The molecule has 0 bridgehead atoms. The fraction of sp³-hybridized carbons (Fsp3) is 0.200. The van der Waals surface area contributed by atoms with Crippen molar-refractivity contribution in [2.45, 2.75) is 19.9 Å². The minimum absolute atomic E-state index is 0.0611. The maximum Gasteiger partial charge on any atom is 0.348 e. The summed E-state index contributed by atoms with van der Waals surface area (Å²) in [5, 5.41) is 33.4. The second kappa shape index (κ2) is 15.4. The van der Waals surface area contributed by atoms with E-state index in [-0.39, 0.29) is 30.0 Å². The minimum Gasteiger partial charge on any atom is -0.490 e. The Kier molecular flexibility index (Phi) is 11.4. The molecule has 4 rings (SSSR count). The van der Waals surface area contributed by atoms with E-state index in [1.165, 1.54) is 7.05 Å². The van der Waals surface area contributed by atoms with Crippen molar-refractivity contribution in [2.24, 2.45) is 11.5 Å². The molecule has 1 unspecified atom stereocenters. The molecule has 1 atom stereocenters. The zero-order chi connectivity index (χ0) is 33.1. The largest absolute Gasteiger partial charge is 0.490 e. The molecular weight excluding hydrogens is 582 g/mol. The van der Waals surface area contributed by atoms with Gasteiger partial charge in [-0.15, -0.1) is 5.10 Å². The zero-order valence-electron chi connectivity index (χ0n) is 24.9. The molecule has 15 nitrogen and oxygen atoms in total. The van der Waals surface area contributed by atoms with E-state index >= 15 is 0 Å². The van der Waals surface area contributed by atoms with Crippen LogP contribution >= 0.6 is 0 Å². The van der Waals surface area contributed by atoms with E-state index < -0.39 is 17.7 Å². The van der Waals surface area contributed by atoms with Gasteiger partial charge in [-0.3, -0.25) is 25.4 Å². The average molecular weight is 618 g/mol. The second-order valence-corrected chi connectivity index (χ2v) is 9.35. The first-order valence-electron chi connectivity index (χ1n) is 13.6. The summed E-state index contributed by atoms with van der Waals surface area (Å²) >= 11 is 0. The molecule has 0 saturated carbocycles. The number of carboxylic acids is 1. The van der Waals surface area contributed by atoms with Crippen molar-refractivity contribution >= 4 is 29.2 Å². The highest BCUT2D eigenvalue weighted by molar-refractivity contribution is 5.98. The molecule has 45 heavy (non-hydrogen) atoms. The number of aliphatic carboxylic acids is 1. The molecule has 0 saturated heterocycles. The Bertz CT molecular complexity index is 1730. The fourth-order valence-electron chi connectivity index (χ4n) is 4.05. The van der Waals surface area contributed by atoms with Crippen LogP contribution in [-0.4, -0.2) is 63.7 Å².